The van der Waals surface area contributed by atoms with E-state index in [0.717, 1.165) is 34.7 Å². The van der Waals surface area contributed by atoms with Gasteiger partial charge in [-0.15, -0.1) is 0 Å². The summed E-state index contributed by atoms with van der Waals surface area (Å²) in [6.07, 6.45) is 4.17. The van der Waals surface area contributed by atoms with Gasteiger partial charge >= 0.3 is 0 Å². The van der Waals surface area contributed by atoms with E-state index >= 15 is 0 Å². The minimum absolute atomic E-state index is 0.788. The van der Waals surface area contributed by atoms with E-state index in [1.807, 2.05) is 55.5 Å². The summed E-state index contributed by atoms with van der Waals surface area (Å²) in [5.74, 6) is 0. The molecule has 1 aromatic carbocycles. The van der Waals surface area contributed by atoms with Crippen LogP contribution in [0.25, 0.3) is 11.3 Å². The van der Waals surface area contributed by atoms with E-state index in [0.29, 0.717) is 0 Å². The highest BCUT2D eigenvalue weighted by atomic mass is 16.1. The van der Waals surface area contributed by atoms with Crippen molar-refractivity contribution in [2.75, 3.05) is 4.90 Å². The Kier molecular flexibility index (Phi) is 3.51. The highest BCUT2D eigenvalue weighted by Crippen LogP contribution is 2.34. The number of hydrogen-bond donors (Lipinski definition) is 1. The first kappa shape index (κ1) is 13.1. The maximum absolute atomic E-state index is 11.6. The topological polar surface area (TPSA) is 49.0 Å². The summed E-state index contributed by atoms with van der Waals surface area (Å²) in [5.41, 5.74) is 4.60. The van der Waals surface area contributed by atoms with Crippen LogP contribution in [-0.4, -0.2) is 16.4 Å². The largest absolute Gasteiger partial charge is 0.357 e. The molecule has 0 spiro atoms. The third-order valence-corrected chi connectivity index (χ3v) is 3.30. The fourth-order valence-corrected chi connectivity index (χ4v) is 2.35. The molecule has 0 saturated heterocycles. The van der Waals surface area contributed by atoms with Crippen LogP contribution in [0.15, 0.2) is 60.9 Å². The molecule has 0 atom stereocenters. The molecule has 21 heavy (non-hydrogen) atoms. The Bertz CT molecular complexity index is 735. The number of amides is 1. The highest BCUT2D eigenvalue weighted by molar-refractivity contribution is 5.93. The number of nitrogens with one attached hydrogen (secondary N) is 1. The van der Waals surface area contributed by atoms with E-state index in [-0.39, 0.29) is 0 Å². The molecular weight excluding hydrogens is 262 g/mol. The van der Waals surface area contributed by atoms with E-state index in [1.165, 1.54) is 0 Å². The number of aromatic nitrogens is 2. The Labute approximate surface area is 123 Å². The molecule has 0 saturated carbocycles. The molecular formula is C17H15N3O. The van der Waals surface area contributed by atoms with Crippen LogP contribution in [0, 0.1) is 6.92 Å². The minimum Gasteiger partial charge on any atom is -0.357 e. The molecule has 0 fully saturated rings. The zero-order chi connectivity index (χ0) is 14.7. The van der Waals surface area contributed by atoms with Crippen LogP contribution in [0.5, 0.6) is 0 Å². The van der Waals surface area contributed by atoms with Crippen LogP contribution in [0.3, 0.4) is 0 Å². The van der Waals surface area contributed by atoms with Gasteiger partial charge in [0.2, 0.25) is 6.41 Å². The van der Waals surface area contributed by atoms with Gasteiger partial charge in [-0.25, -0.2) is 0 Å². The number of benzene rings is 1. The van der Waals surface area contributed by atoms with E-state index in [4.69, 9.17) is 0 Å². The summed E-state index contributed by atoms with van der Waals surface area (Å²) >= 11 is 0. The number of nitrogens with zero attached hydrogens (tertiary/aromatic N) is 2. The first-order chi connectivity index (χ1) is 10.3. The molecule has 1 amide bonds. The van der Waals surface area contributed by atoms with Gasteiger partial charge in [0.1, 0.15) is 0 Å². The molecule has 0 radical (unpaired) electrons. The van der Waals surface area contributed by atoms with Crippen molar-refractivity contribution < 1.29 is 4.79 Å². The van der Waals surface area contributed by atoms with Gasteiger partial charge in [-0.3, -0.25) is 14.7 Å². The monoisotopic (exact) mass is 277 g/mol. The van der Waals surface area contributed by atoms with Gasteiger partial charge in [0.15, 0.2) is 0 Å². The molecule has 3 rings (SSSR count). The maximum Gasteiger partial charge on any atom is 0.218 e. The van der Waals surface area contributed by atoms with Gasteiger partial charge in [0.05, 0.1) is 17.1 Å². The van der Waals surface area contributed by atoms with E-state index in [9.17, 15) is 4.79 Å². The van der Waals surface area contributed by atoms with Gasteiger partial charge in [0.25, 0.3) is 0 Å². The van der Waals surface area contributed by atoms with Crippen LogP contribution < -0.4 is 4.90 Å². The lowest BCUT2D eigenvalue weighted by atomic mass is 10.1. The van der Waals surface area contributed by atoms with Crippen molar-refractivity contribution in [2.45, 2.75) is 6.92 Å². The molecule has 2 aromatic heterocycles. The summed E-state index contributed by atoms with van der Waals surface area (Å²) < 4.78 is 0. The molecule has 3 aromatic rings. The Balaban J connectivity index is 2.12. The van der Waals surface area contributed by atoms with E-state index < -0.39 is 0 Å². The molecule has 4 heteroatoms. The zero-order valence-corrected chi connectivity index (χ0v) is 11.7. The van der Waals surface area contributed by atoms with Crippen molar-refractivity contribution in [3.63, 3.8) is 0 Å². The van der Waals surface area contributed by atoms with Crippen molar-refractivity contribution >= 4 is 17.8 Å². The van der Waals surface area contributed by atoms with Gasteiger partial charge in [-0.1, -0.05) is 30.3 Å². The number of H-pyrrole nitrogens is 1. The minimum atomic E-state index is 0.788. The first-order valence-electron chi connectivity index (χ1n) is 6.69. The number of hydrogen-bond acceptors (Lipinski definition) is 2. The molecule has 0 bridgehead atoms. The summed E-state index contributed by atoms with van der Waals surface area (Å²) in [6.45, 7) is 1.98. The second kappa shape index (κ2) is 5.63. The first-order valence-corrected chi connectivity index (χ1v) is 6.69. The van der Waals surface area contributed by atoms with Crippen LogP contribution in [-0.2, 0) is 4.79 Å². The van der Waals surface area contributed by atoms with E-state index in [2.05, 4.69) is 9.97 Å². The quantitative estimate of drug-likeness (QED) is 0.739. The summed E-state index contributed by atoms with van der Waals surface area (Å²) in [7, 11) is 0. The summed E-state index contributed by atoms with van der Waals surface area (Å²) in [6, 6.07) is 15.6. The number of anilines is 2. The van der Waals surface area contributed by atoms with Crippen molar-refractivity contribution in [1.82, 2.24) is 9.97 Å². The predicted molar refractivity (Wildman–Crippen MR) is 83.4 cm³/mol. The lowest BCUT2D eigenvalue weighted by molar-refractivity contribution is -0.106. The summed E-state index contributed by atoms with van der Waals surface area (Å²) in [5, 5.41) is 0. The fraction of sp³-hybridized carbons (Fsp3) is 0.0588. The second-order valence-corrected chi connectivity index (χ2v) is 4.76. The smallest absolute Gasteiger partial charge is 0.218 e. The number of aromatic amines is 1. The second-order valence-electron chi connectivity index (χ2n) is 4.76. The average molecular weight is 277 g/mol. The Morgan fingerprint density at radius 3 is 2.48 bits per heavy atom. The van der Waals surface area contributed by atoms with E-state index in [1.54, 1.807) is 17.3 Å². The standard InChI is InChI=1S/C17H15N3O/c1-13-11-16(17(19-13)14-5-3-2-4-6-14)20(12-21)15-7-9-18-10-8-15/h2-12,19H,1H3. The lowest BCUT2D eigenvalue weighted by Gasteiger charge is -2.17. The molecule has 1 N–H and O–H groups in total. The zero-order valence-electron chi connectivity index (χ0n) is 11.7. The Morgan fingerprint density at radius 2 is 1.81 bits per heavy atom. The Hall–Kier alpha value is -2.88. The molecule has 104 valence electrons. The normalized spacial score (nSPS) is 10.3. The molecule has 0 aliphatic heterocycles. The third-order valence-electron chi connectivity index (χ3n) is 3.30. The molecule has 2 heterocycles. The number of carbonyl (C=O) groups excluding carboxylic acids is 1. The maximum atomic E-state index is 11.6. The van der Waals surface area contributed by atoms with Crippen LogP contribution in [0.4, 0.5) is 11.4 Å². The van der Waals surface area contributed by atoms with Gasteiger partial charge in [-0.2, -0.15) is 0 Å². The number of aryl methyl sites for hydroxylation is 1. The predicted octanol–water partition coefficient (Wildman–Crippen LogP) is 3.68. The van der Waals surface area contributed by atoms with Crippen molar-refractivity contribution in [1.29, 1.82) is 0 Å². The lowest BCUT2D eigenvalue weighted by Crippen LogP contribution is -2.14. The summed E-state index contributed by atoms with van der Waals surface area (Å²) in [4.78, 5) is 20.5. The van der Waals surface area contributed by atoms with Crippen molar-refractivity contribution in [3.05, 3.63) is 66.6 Å². The number of carbonyl (C=O) groups is 1. The van der Waals surface area contributed by atoms with Crippen LogP contribution in [0.1, 0.15) is 5.69 Å². The molecule has 0 aliphatic carbocycles. The number of rotatable bonds is 4. The average Bonchev–Trinajstić information content (AvgIpc) is 2.92. The molecule has 0 aliphatic rings. The Morgan fingerprint density at radius 1 is 1.10 bits per heavy atom. The van der Waals surface area contributed by atoms with Crippen LogP contribution in [0.2, 0.25) is 0 Å². The van der Waals surface area contributed by atoms with Crippen LogP contribution >= 0.6 is 0 Å². The molecule has 0 unspecified atom stereocenters. The van der Waals surface area contributed by atoms with Crippen molar-refractivity contribution in [3.8, 4) is 11.3 Å². The highest BCUT2D eigenvalue weighted by Gasteiger charge is 2.16. The van der Waals surface area contributed by atoms with Gasteiger partial charge in [0, 0.05) is 23.7 Å². The van der Waals surface area contributed by atoms with Crippen molar-refractivity contribution in [2.24, 2.45) is 0 Å². The third kappa shape index (κ3) is 2.56. The fourth-order valence-electron chi connectivity index (χ4n) is 2.35. The van der Waals surface area contributed by atoms with Gasteiger partial charge < -0.3 is 4.98 Å². The number of pyridine rings is 1. The molecule has 4 nitrogen and oxygen atoms in total. The SMILES string of the molecule is Cc1cc(N(C=O)c2ccncc2)c(-c2ccccc2)[nH]1. The van der Waals surface area contributed by atoms with Gasteiger partial charge in [-0.05, 0) is 25.1 Å².